The van der Waals surface area contributed by atoms with Gasteiger partial charge in [0.15, 0.2) is 23.1 Å². The lowest BCUT2D eigenvalue weighted by atomic mass is 10.0. The number of halogens is 1. The zero-order chi connectivity index (χ0) is 28.6. The molecular weight excluding hydrogens is 535 g/mol. The number of rotatable bonds is 7. The number of carbonyl (C=O) groups excluding carboxylic acids is 1. The summed E-state index contributed by atoms with van der Waals surface area (Å²) in [6.07, 6.45) is 1.51. The minimum absolute atomic E-state index is 0.00376. The molecule has 0 bridgehead atoms. The molecule has 1 N–H and O–H groups in total. The van der Waals surface area contributed by atoms with Crippen LogP contribution in [0.4, 0.5) is 10.1 Å². The number of carbonyl (C=O) groups is 1. The normalized spacial score (nSPS) is 10.9. The molecule has 4 heterocycles. The van der Waals surface area contributed by atoms with E-state index in [9.17, 15) is 9.59 Å². The van der Waals surface area contributed by atoms with E-state index < -0.39 is 11.7 Å². The standard InChI is InChI=1S/C29H25FN4O5S/c1-15-24(23-7-6-12-40-23)27(35)25(16(2)34(15)3)28(36)32-17-8-9-20(18(30)13-17)39-21-10-11-31-19-14-22(37-4)29(38-5)33-26(19)21/h6-14H,1-5H3,(H,32,36). The molecule has 5 aromatic rings. The van der Waals surface area contributed by atoms with Crippen LogP contribution in [-0.2, 0) is 7.05 Å². The van der Waals surface area contributed by atoms with Gasteiger partial charge >= 0.3 is 0 Å². The molecule has 204 valence electrons. The zero-order valence-corrected chi connectivity index (χ0v) is 23.2. The summed E-state index contributed by atoms with van der Waals surface area (Å²) in [4.78, 5) is 36.1. The molecule has 0 aliphatic rings. The number of hydrogen-bond acceptors (Lipinski definition) is 8. The van der Waals surface area contributed by atoms with Crippen molar-refractivity contribution in [2.24, 2.45) is 7.05 Å². The lowest BCUT2D eigenvalue weighted by Gasteiger charge is -2.17. The lowest BCUT2D eigenvalue weighted by molar-refractivity contribution is 0.102. The molecule has 0 aliphatic heterocycles. The van der Waals surface area contributed by atoms with Crippen molar-refractivity contribution in [1.82, 2.24) is 14.5 Å². The number of pyridine rings is 3. The van der Waals surface area contributed by atoms with E-state index >= 15 is 4.39 Å². The summed E-state index contributed by atoms with van der Waals surface area (Å²) >= 11 is 1.42. The Kier molecular flexibility index (Phi) is 7.22. The first kappa shape index (κ1) is 26.8. The monoisotopic (exact) mass is 560 g/mol. The van der Waals surface area contributed by atoms with Crippen molar-refractivity contribution in [3.05, 3.63) is 87.0 Å². The van der Waals surface area contributed by atoms with Crippen molar-refractivity contribution in [2.75, 3.05) is 19.5 Å². The highest BCUT2D eigenvalue weighted by atomic mass is 32.1. The van der Waals surface area contributed by atoms with E-state index in [0.29, 0.717) is 28.0 Å². The number of hydrogen-bond donors (Lipinski definition) is 1. The average molecular weight is 561 g/mol. The summed E-state index contributed by atoms with van der Waals surface area (Å²) in [7, 11) is 4.74. The fourth-order valence-corrected chi connectivity index (χ4v) is 5.20. The Morgan fingerprint density at radius 1 is 1.02 bits per heavy atom. The highest BCUT2D eigenvalue weighted by Gasteiger charge is 2.23. The zero-order valence-electron chi connectivity index (χ0n) is 22.4. The van der Waals surface area contributed by atoms with Crippen LogP contribution in [0.25, 0.3) is 21.5 Å². The summed E-state index contributed by atoms with van der Waals surface area (Å²) in [5.74, 6) is -0.574. The van der Waals surface area contributed by atoms with E-state index in [1.807, 2.05) is 24.4 Å². The van der Waals surface area contributed by atoms with Gasteiger partial charge in [0.2, 0.25) is 5.43 Å². The van der Waals surface area contributed by atoms with Crippen LogP contribution >= 0.6 is 11.3 Å². The molecule has 9 nitrogen and oxygen atoms in total. The number of thiophene rings is 1. The number of methoxy groups -OCH3 is 2. The number of fused-ring (bicyclic) bond motifs is 1. The highest BCUT2D eigenvalue weighted by Crippen LogP contribution is 2.35. The van der Waals surface area contributed by atoms with Crippen LogP contribution in [0.1, 0.15) is 21.7 Å². The molecule has 1 amide bonds. The molecule has 0 fully saturated rings. The van der Waals surface area contributed by atoms with Gasteiger partial charge in [-0.1, -0.05) is 6.07 Å². The topological polar surface area (TPSA) is 105 Å². The third-order valence-electron chi connectivity index (χ3n) is 6.61. The molecule has 0 spiro atoms. The molecule has 4 aromatic heterocycles. The van der Waals surface area contributed by atoms with E-state index in [1.165, 1.54) is 43.9 Å². The van der Waals surface area contributed by atoms with Crippen molar-refractivity contribution in [3.63, 3.8) is 0 Å². The van der Waals surface area contributed by atoms with Crippen molar-refractivity contribution < 1.29 is 23.4 Å². The number of nitrogens with zero attached hydrogens (tertiary/aromatic N) is 3. The fraction of sp³-hybridized carbons (Fsp3) is 0.172. The Balaban J connectivity index is 1.44. The van der Waals surface area contributed by atoms with Crippen LogP contribution in [0.5, 0.6) is 23.1 Å². The van der Waals surface area contributed by atoms with Crippen LogP contribution < -0.4 is 25.0 Å². The van der Waals surface area contributed by atoms with E-state index in [1.54, 1.807) is 30.7 Å². The van der Waals surface area contributed by atoms with Gasteiger partial charge in [0.25, 0.3) is 11.8 Å². The minimum Gasteiger partial charge on any atom is -0.491 e. The molecule has 40 heavy (non-hydrogen) atoms. The van der Waals surface area contributed by atoms with Crippen LogP contribution in [0, 0.1) is 19.7 Å². The van der Waals surface area contributed by atoms with Gasteiger partial charge in [-0.15, -0.1) is 11.3 Å². The Morgan fingerprint density at radius 3 is 2.50 bits per heavy atom. The first-order valence-corrected chi connectivity index (χ1v) is 13.0. The van der Waals surface area contributed by atoms with Gasteiger partial charge in [-0.3, -0.25) is 14.6 Å². The maximum atomic E-state index is 15.2. The molecule has 11 heteroatoms. The molecule has 0 saturated carbocycles. The van der Waals surface area contributed by atoms with Crippen molar-refractivity contribution in [2.45, 2.75) is 13.8 Å². The van der Waals surface area contributed by atoms with Crippen LogP contribution in [0.2, 0.25) is 0 Å². The van der Waals surface area contributed by atoms with E-state index in [-0.39, 0.29) is 34.1 Å². The van der Waals surface area contributed by atoms with Crippen molar-refractivity contribution in [3.8, 4) is 33.6 Å². The number of aromatic nitrogens is 3. The Labute approximate surface area is 232 Å². The first-order valence-electron chi connectivity index (χ1n) is 12.1. The number of ether oxygens (including phenoxy) is 3. The molecule has 5 rings (SSSR count). The van der Waals surface area contributed by atoms with Crippen LogP contribution in [0.3, 0.4) is 0 Å². The third kappa shape index (κ3) is 4.75. The number of nitrogens with one attached hydrogen (secondary N) is 1. The molecule has 0 radical (unpaired) electrons. The quantitative estimate of drug-likeness (QED) is 0.265. The van der Waals surface area contributed by atoms with Gasteiger partial charge in [-0.25, -0.2) is 9.37 Å². The second kappa shape index (κ2) is 10.8. The Hall–Kier alpha value is -4.77. The smallest absolute Gasteiger partial charge is 0.261 e. The average Bonchev–Trinajstić information content (AvgIpc) is 3.47. The maximum absolute atomic E-state index is 15.2. The largest absolute Gasteiger partial charge is 0.491 e. The summed E-state index contributed by atoms with van der Waals surface area (Å²) in [5.41, 5.74) is 2.33. The fourth-order valence-electron chi connectivity index (χ4n) is 4.38. The van der Waals surface area contributed by atoms with Gasteiger partial charge in [0.1, 0.15) is 11.1 Å². The van der Waals surface area contributed by atoms with Gasteiger partial charge in [0, 0.05) is 53.4 Å². The van der Waals surface area contributed by atoms with Crippen LogP contribution in [0.15, 0.2) is 58.8 Å². The number of anilines is 1. The van der Waals surface area contributed by atoms with Crippen LogP contribution in [-0.4, -0.2) is 34.7 Å². The molecule has 0 atom stereocenters. The predicted octanol–water partition coefficient (Wildman–Crippen LogP) is 5.87. The van der Waals surface area contributed by atoms with Gasteiger partial charge < -0.3 is 24.1 Å². The van der Waals surface area contributed by atoms with E-state index in [0.717, 1.165) is 16.6 Å². The van der Waals surface area contributed by atoms with Gasteiger partial charge in [-0.2, -0.15) is 0 Å². The minimum atomic E-state index is -0.726. The lowest BCUT2D eigenvalue weighted by Crippen LogP contribution is -2.28. The summed E-state index contributed by atoms with van der Waals surface area (Å²) in [5, 5.41) is 4.52. The second-order valence-electron chi connectivity index (χ2n) is 8.86. The Bertz CT molecular complexity index is 1820. The third-order valence-corrected chi connectivity index (χ3v) is 7.50. The summed E-state index contributed by atoms with van der Waals surface area (Å²) < 4.78 is 33.3. The molecule has 1 aromatic carbocycles. The Morgan fingerprint density at radius 2 is 1.82 bits per heavy atom. The molecule has 0 saturated heterocycles. The van der Waals surface area contributed by atoms with Crippen molar-refractivity contribution >= 4 is 34.0 Å². The highest BCUT2D eigenvalue weighted by molar-refractivity contribution is 7.13. The second-order valence-corrected chi connectivity index (χ2v) is 9.81. The SMILES string of the molecule is COc1cc2nccc(Oc3ccc(NC(=O)c4c(C)n(C)c(C)c(-c5cccs5)c4=O)cc3F)c2nc1OC. The molecule has 0 unspecified atom stereocenters. The maximum Gasteiger partial charge on any atom is 0.261 e. The molecular formula is C29H25FN4O5S. The van der Waals surface area contributed by atoms with E-state index in [4.69, 9.17) is 14.2 Å². The predicted molar refractivity (Wildman–Crippen MR) is 152 cm³/mol. The first-order chi connectivity index (χ1) is 19.2. The summed E-state index contributed by atoms with van der Waals surface area (Å²) in [6, 6.07) is 10.9. The van der Waals surface area contributed by atoms with Gasteiger partial charge in [-0.05, 0) is 37.4 Å². The van der Waals surface area contributed by atoms with Gasteiger partial charge in [0.05, 0.1) is 25.3 Å². The van der Waals surface area contributed by atoms with E-state index in [2.05, 4.69) is 15.3 Å². The molecule has 0 aliphatic carbocycles. The summed E-state index contributed by atoms with van der Waals surface area (Å²) in [6.45, 7) is 3.55. The number of benzene rings is 1. The number of amides is 1. The van der Waals surface area contributed by atoms with Crippen molar-refractivity contribution in [1.29, 1.82) is 0 Å².